The maximum Gasteiger partial charge on any atom is 0.276 e. The Morgan fingerprint density at radius 2 is 1.96 bits per heavy atom. The highest BCUT2D eigenvalue weighted by molar-refractivity contribution is 5.94. The van der Waals surface area contributed by atoms with Crippen LogP contribution in [-0.4, -0.2) is 38.8 Å². The van der Waals surface area contributed by atoms with Crippen LogP contribution in [0.15, 0.2) is 21.5 Å². The number of carbonyl (C=O) groups is 1. The van der Waals surface area contributed by atoms with Crippen LogP contribution in [0.25, 0.3) is 0 Å². The fourth-order valence-corrected chi connectivity index (χ4v) is 3.78. The van der Waals surface area contributed by atoms with Crippen LogP contribution in [0.5, 0.6) is 0 Å². The van der Waals surface area contributed by atoms with Gasteiger partial charge in [-0.05, 0) is 25.3 Å². The Morgan fingerprint density at radius 1 is 1.22 bits per heavy atom. The molecule has 2 aromatic heterocycles. The second-order valence-corrected chi connectivity index (χ2v) is 8.71. The largest absolute Gasteiger partial charge is 0.360 e. The van der Waals surface area contributed by atoms with Crippen molar-refractivity contribution in [2.45, 2.75) is 58.4 Å². The van der Waals surface area contributed by atoms with E-state index in [4.69, 9.17) is 4.52 Å². The minimum atomic E-state index is -0.108. The molecule has 0 atom stereocenters. The van der Waals surface area contributed by atoms with Crippen molar-refractivity contribution in [2.75, 3.05) is 13.1 Å². The number of likely N-dealkylation sites (tertiary alicyclic amines) is 1. The standard InChI is InChI=1S/C20H26N4O3/c1-20(2,3)16-8-9-17(25)24(21-16)12-13-10-23(11-13)19(26)18-14-6-4-5-7-15(14)27-22-18/h8-9,13H,4-7,10-12H2,1-3H3. The molecule has 0 aromatic carbocycles. The van der Waals surface area contributed by atoms with Gasteiger partial charge in [-0.25, -0.2) is 4.68 Å². The summed E-state index contributed by atoms with van der Waals surface area (Å²) in [5.74, 6) is 1.05. The van der Waals surface area contributed by atoms with Crippen molar-refractivity contribution in [3.8, 4) is 0 Å². The predicted octanol–water partition coefficient (Wildman–Crippen LogP) is 2.18. The van der Waals surface area contributed by atoms with E-state index in [2.05, 4.69) is 31.0 Å². The number of hydrogen-bond donors (Lipinski definition) is 0. The van der Waals surface area contributed by atoms with E-state index in [0.717, 1.165) is 42.7 Å². The maximum absolute atomic E-state index is 12.7. The molecule has 7 nitrogen and oxygen atoms in total. The Balaban J connectivity index is 1.41. The van der Waals surface area contributed by atoms with E-state index in [-0.39, 0.29) is 22.8 Å². The van der Waals surface area contributed by atoms with Gasteiger partial charge in [0.2, 0.25) is 0 Å². The average Bonchev–Trinajstić information content (AvgIpc) is 3.01. The molecule has 1 aliphatic carbocycles. The highest BCUT2D eigenvalue weighted by Gasteiger charge is 2.35. The van der Waals surface area contributed by atoms with Gasteiger partial charge < -0.3 is 9.42 Å². The number of aromatic nitrogens is 3. The number of carbonyl (C=O) groups excluding carboxylic acids is 1. The van der Waals surface area contributed by atoms with Gasteiger partial charge in [0.25, 0.3) is 11.5 Å². The molecule has 0 N–H and O–H groups in total. The molecule has 1 amide bonds. The summed E-state index contributed by atoms with van der Waals surface area (Å²) >= 11 is 0. The molecular formula is C20H26N4O3. The van der Waals surface area contributed by atoms with Crippen molar-refractivity contribution in [3.05, 3.63) is 45.2 Å². The van der Waals surface area contributed by atoms with Crippen molar-refractivity contribution < 1.29 is 9.32 Å². The zero-order valence-corrected chi connectivity index (χ0v) is 16.2. The van der Waals surface area contributed by atoms with Crippen LogP contribution in [0.3, 0.4) is 0 Å². The zero-order valence-electron chi connectivity index (χ0n) is 16.2. The first-order valence-corrected chi connectivity index (χ1v) is 9.68. The number of rotatable bonds is 3. The lowest BCUT2D eigenvalue weighted by Crippen LogP contribution is -2.52. The first-order chi connectivity index (χ1) is 12.8. The minimum absolute atomic E-state index is 0.0538. The van der Waals surface area contributed by atoms with E-state index in [1.165, 1.54) is 4.68 Å². The monoisotopic (exact) mass is 370 g/mol. The van der Waals surface area contributed by atoms with Crippen molar-refractivity contribution in [1.29, 1.82) is 0 Å². The van der Waals surface area contributed by atoms with E-state index in [1.807, 2.05) is 0 Å². The van der Waals surface area contributed by atoms with Gasteiger partial charge in [-0.3, -0.25) is 9.59 Å². The van der Waals surface area contributed by atoms with Crippen molar-refractivity contribution in [3.63, 3.8) is 0 Å². The van der Waals surface area contributed by atoms with Gasteiger partial charge in [-0.2, -0.15) is 5.10 Å². The number of fused-ring (bicyclic) bond motifs is 1. The van der Waals surface area contributed by atoms with Gasteiger partial charge in [0, 0.05) is 42.5 Å². The number of nitrogens with zero attached hydrogens (tertiary/aromatic N) is 4. The molecule has 4 rings (SSSR count). The zero-order chi connectivity index (χ0) is 19.2. The topological polar surface area (TPSA) is 81.2 Å². The Bertz CT molecular complexity index is 916. The molecule has 0 unspecified atom stereocenters. The van der Waals surface area contributed by atoms with E-state index in [0.29, 0.717) is 25.3 Å². The third-order valence-corrected chi connectivity index (χ3v) is 5.46. The second-order valence-electron chi connectivity index (χ2n) is 8.71. The predicted molar refractivity (Wildman–Crippen MR) is 99.7 cm³/mol. The normalized spacial score (nSPS) is 17.5. The summed E-state index contributed by atoms with van der Waals surface area (Å²) in [5.41, 5.74) is 2.16. The lowest BCUT2D eigenvalue weighted by molar-refractivity contribution is 0.0446. The summed E-state index contributed by atoms with van der Waals surface area (Å²) in [7, 11) is 0. The molecule has 1 fully saturated rings. The Hall–Kier alpha value is -2.44. The summed E-state index contributed by atoms with van der Waals surface area (Å²) in [4.78, 5) is 26.7. The van der Waals surface area contributed by atoms with Crippen LogP contribution < -0.4 is 5.56 Å². The number of aryl methyl sites for hydroxylation is 1. The molecule has 144 valence electrons. The molecular weight excluding hydrogens is 344 g/mol. The summed E-state index contributed by atoms with van der Waals surface area (Å²) in [6.45, 7) is 8.00. The van der Waals surface area contributed by atoms with E-state index in [9.17, 15) is 9.59 Å². The lowest BCUT2D eigenvalue weighted by atomic mass is 9.92. The molecule has 2 aliphatic rings. The third-order valence-electron chi connectivity index (χ3n) is 5.46. The lowest BCUT2D eigenvalue weighted by Gasteiger charge is -2.39. The summed E-state index contributed by atoms with van der Waals surface area (Å²) in [5, 5.41) is 8.54. The molecule has 0 bridgehead atoms. The molecule has 0 spiro atoms. The summed E-state index contributed by atoms with van der Waals surface area (Å²) in [6, 6.07) is 3.38. The van der Waals surface area contributed by atoms with Crippen molar-refractivity contribution in [1.82, 2.24) is 19.8 Å². The molecule has 27 heavy (non-hydrogen) atoms. The van der Waals surface area contributed by atoms with E-state index >= 15 is 0 Å². The van der Waals surface area contributed by atoms with E-state index in [1.54, 1.807) is 17.0 Å². The maximum atomic E-state index is 12.7. The quantitative estimate of drug-likeness (QED) is 0.827. The Kier molecular flexibility index (Phi) is 4.40. The fourth-order valence-electron chi connectivity index (χ4n) is 3.78. The van der Waals surface area contributed by atoms with Gasteiger partial charge >= 0.3 is 0 Å². The van der Waals surface area contributed by atoms with Crippen molar-refractivity contribution in [2.24, 2.45) is 5.92 Å². The van der Waals surface area contributed by atoms with Crippen LogP contribution in [0, 0.1) is 5.92 Å². The Labute approximate surface area is 158 Å². The Morgan fingerprint density at radius 3 is 2.70 bits per heavy atom. The van der Waals surface area contributed by atoms with Crippen LogP contribution in [-0.2, 0) is 24.8 Å². The smallest absolute Gasteiger partial charge is 0.276 e. The number of hydrogen-bond acceptors (Lipinski definition) is 5. The first-order valence-electron chi connectivity index (χ1n) is 9.68. The van der Waals surface area contributed by atoms with Gasteiger partial charge in [0.1, 0.15) is 5.76 Å². The van der Waals surface area contributed by atoms with Gasteiger partial charge in [0.15, 0.2) is 5.69 Å². The fraction of sp³-hybridized carbons (Fsp3) is 0.600. The number of amides is 1. The summed E-state index contributed by atoms with van der Waals surface area (Å²) < 4.78 is 6.89. The molecule has 1 aliphatic heterocycles. The molecule has 3 heterocycles. The minimum Gasteiger partial charge on any atom is -0.360 e. The van der Waals surface area contributed by atoms with Gasteiger partial charge in [-0.15, -0.1) is 0 Å². The van der Waals surface area contributed by atoms with Crippen LogP contribution in [0.4, 0.5) is 0 Å². The van der Waals surface area contributed by atoms with Crippen LogP contribution in [0.1, 0.15) is 61.1 Å². The van der Waals surface area contributed by atoms with Gasteiger partial charge in [0.05, 0.1) is 12.2 Å². The molecule has 0 saturated carbocycles. The molecule has 2 aromatic rings. The SMILES string of the molecule is CC(C)(C)c1ccc(=O)n(CC2CN(C(=O)c3noc4c3CCCC4)C2)n1. The van der Waals surface area contributed by atoms with E-state index < -0.39 is 0 Å². The molecule has 0 radical (unpaired) electrons. The second kappa shape index (κ2) is 6.62. The highest BCUT2D eigenvalue weighted by atomic mass is 16.5. The molecule has 1 saturated heterocycles. The highest BCUT2D eigenvalue weighted by Crippen LogP contribution is 2.27. The first kappa shape index (κ1) is 17.9. The third kappa shape index (κ3) is 3.42. The molecule has 7 heteroatoms. The average molecular weight is 370 g/mol. The van der Waals surface area contributed by atoms with Crippen LogP contribution in [0.2, 0.25) is 0 Å². The van der Waals surface area contributed by atoms with Crippen molar-refractivity contribution >= 4 is 5.91 Å². The van der Waals surface area contributed by atoms with Crippen LogP contribution >= 0.6 is 0 Å². The summed E-state index contributed by atoms with van der Waals surface area (Å²) in [6.07, 6.45) is 3.92. The van der Waals surface area contributed by atoms with Gasteiger partial charge in [-0.1, -0.05) is 25.9 Å².